The van der Waals surface area contributed by atoms with E-state index < -0.39 is 11.0 Å². The summed E-state index contributed by atoms with van der Waals surface area (Å²) >= 11 is 7.30. The molecule has 2 atom stereocenters. The second-order valence-corrected chi connectivity index (χ2v) is 7.05. The smallest absolute Gasteiger partial charge is 0.147 e. The lowest BCUT2D eigenvalue weighted by Crippen LogP contribution is -2.35. The van der Waals surface area contributed by atoms with Crippen molar-refractivity contribution in [2.45, 2.75) is 39.7 Å². The van der Waals surface area contributed by atoms with Gasteiger partial charge in [-0.25, -0.2) is 8.93 Å². The zero-order valence-electron chi connectivity index (χ0n) is 11.2. The molecule has 1 rings (SSSR count). The van der Waals surface area contributed by atoms with Gasteiger partial charge in [0.05, 0.1) is 10.4 Å². The predicted octanol–water partition coefficient (Wildman–Crippen LogP) is 3.77. The summed E-state index contributed by atoms with van der Waals surface area (Å²) in [4.78, 5) is 12.4. The number of rotatable bonds is 7. The van der Waals surface area contributed by atoms with Crippen LogP contribution in [-0.2, 0) is 15.8 Å². The summed E-state index contributed by atoms with van der Waals surface area (Å²) in [6.07, 6.45) is 1.57. The molecule has 6 heteroatoms. The van der Waals surface area contributed by atoms with Crippen LogP contribution in [0.5, 0.6) is 0 Å². The Hall–Kier alpha value is -0.490. The van der Waals surface area contributed by atoms with Gasteiger partial charge in [0.2, 0.25) is 0 Å². The molecule has 0 radical (unpaired) electrons. The summed E-state index contributed by atoms with van der Waals surface area (Å²) in [5, 5.41) is 1.62. The molecule has 0 bridgehead atoms. The Morgan fingerprint density at radius 1 is 1.53 bits per heavy atom. The van der Waals surface area contributed by atoms with E-state index in [0.717, 1.165) is 16.9 Å². The lowest BCUT2D eigenvalue weighted by molar-refractivity contribution is -0.118. The maximum atomic E-state index is 12.0. The van der Waals surface area contributed by atoms with Crippen LogP contribution >= 0.6 is 22.9 Å². The number of allylic oxidation sites excluding steroid dienone is 1. The molecule has 0 spiro atoms. The largest absolute Gasteiger partial charge is 0.298 e. The fraction of sp³-hybridized carbons (Fsp3) is 0.462. The number of Topliss-reactive ketones (excluding diaryl/α,β-unsaturated/α-hetero) is 1. The van der Waals surface area contributed by atoms with E-state index in [2.05, 4.69) is 4.72 Å². The van der Waals surface area contributed by atoms with Gasteiger partial charge < -0.3 is 0 Å². The number of carbonyl (C=O) groups is 1. The van der Waals surface area contributed by atoms with Crippen molar-refractivity contribution >= 4 is 45.3 Å². The van der Waals surface area contributed by atoms with Crippen LogP contribution in [0.2, 0.25) is 4.34 Å². The molecule has 0 aliphatic heterocycles. The molecule has 0 saturated heterocycles. The van der Waals surface area contributed by atoms with E-state index in [-0.39, 0.29) is 11.8 Å². The molecule has 0 saturated carbocycles. The highest BCUT2D eigenvalue weighted by Crippen LogP contribution is 2.27. The van der Waals surface area contributed by atoms with Crippen molar-refractivity contribution in [1.29, 1.82) is 0 Å². The molecule has 0 aliphatic rings. The molecule has 1 heterocycles. The summed E-state index contributed by atoms with van der Waals surface area (Å²) in [6, 6.07) is 3.36. The molecule has 106 valence electrons. The van der Waals surface area contributed by atoms with Crippen LogP contribution in [0.4, 0.5) is 0 Å². The van der Waals surface area contributed by atoms with Crippen molar-refractivity contribution in [3.8, 4) is 0 Å². The van der Waals surface area contributed by atoms with Gasteiger partial charge in [-0.05, 0) is 38.0 Å². The van der Waals surface area contributed by atoms with Gasteiger partial charge in [-0.15, -0.1) is 11.3 Å². The fourth-order valence-electron chi connectivity index (χ4n) is 1.55. The van der Waals surface area contributed by atoms with Gasteiger partial charge in [-0.2, -0.15) is 0 Å². The number of halogens is 1. The van der Waals surface area contributed by atoms with E-state index in [1.165, 1.54) is 18.3 Å². The Balaban J connectivity index is 2.70. The number of hydrogen-bond acceptors (Lipinski definition) is 3. The van der Waals surface area contributed by atoms with Gasteiger partial charge in [0, 0.05) is 10.3 Å². The highest BCUT2D eigenvalue weighted by atomic mass is 35.5. The maximum Gasteiger partial charge on any atom is 0.147 e. The molecule has 0 fully saturated rings. The van der Waals surface area contributed by atoms with Gasteiger partial charge in [0.25, 0.3) is 0 Å². The number of nitrogens with one attached hydrogen (secondary N) is 1. The number of thiophene rings is 1. The molecule has 0 aromatic carbocycles. The molecule has 0 amide bonds. The SMILES string of the molecule is CCCC(NS(=O)/C=C(\C)c1ccc(Cl)s1)C(C)=O. The number of hydrogen-bond donors (Lipinski definition) is 1. The van der Waals surface area contributed by atoms with E-state index >= 15 is 0 Å². The summed E-state index contributed by atoms with van der Waals surface area (Å²) in [5.41, 5.74) is 0.890. The summed E-state index contributed by atoms with van der Waals surface area (Å²) in [7, 11) is -1.36. The Kier molecular flexibility index (Phi) is 6.93. The normalized spacial score (nSPS) is 15.3. The van der Waals surface area contributed by atoms with Crippen LogP contribution in [0.1, 0.15) is 38.5 Å². The molecule has 1 aromatic heterocycles. The molecule has 0 aliphatic carbocycles. The summed E-state index contributed by atoms with van der Waals surface area (Å²) in [6.45, 7) is 5.39. The first-order valence-corrected chi connectivity index (χ1v) is 8.46. The first kappa shape index (κ1) is 16.6. The first-order valence-electron chi connectivity index (χ1n) is 6.05. The minimum Gasteiger partial charge on any atom is -0.298 e. The summed E-state index contributed by atoms with van der Waals surface area (Å²) in [5.74, 6) is 0.0143. The third-order valence-corrected chi connectivity index (χ3v) is 5.02. The minimum absolute atomic E-state index is 0.0143. The quantitative estimate of drug-likeness (QED) is 0.831. The standard InChI is InChI=1S/C13H18ClNO2S2/c1-4-5-11(10(3)16)15-19(17)8-9(2)12-6-7-13(14)18-12/h6-8,11,15H,4-5H2,1-3H3/b9-8+. The Morgan fingerprint density at radius 2 is 2.21 bits per heavy atom. The van der Waals surface area contributed by atoms with Crippen molar-refractivity contribution in [3.63, 3.8) is 0 Å². The van der Waals surface area contributed by atoms with Crippen LogP contribution in [0.3, 0.4) is 0 Å². The van der Waals surface area contributed by atoms with E-state index in [0.29, 0.717) is 10.8 Å². The fourth-order valence-corrected chi connectivity index (χ4v) is 3.72. The minimum atomic E-state index is -1.36. The van der Waals surface area contributed by atoms with Crippen LogP contribution in [0.25, 0.3) is 5.57 Å². The van der Waals surface area contributed by atoms with Crippen molar-refractivity contribution < 1.29 is 9.00 Å². The molecule has 1 N–H and O–H groups in total. The molecule has 1 aromatic rings. The van der Waals surface area contributed by atoms with E-state index in [9.17, 15) is 9.00 Å². The maximum absolute atomic E-state index is 12.0. The number of ketones is 1. The topological polar surface area (TPSA) is 46.2 Å². The molecular formula is C13H18ClNO2S2. The van der Waals surface area contributed by atoms with Gasteiger partial charge >= 0.3 is 0 Å². The van der Waals surface area contributed by atoms with E-state index in [4.69, 9.17) is 11.6 Å². The highest BCUT2D eigenvalue weighted by molar-refractivity contribution is 7.86. The average molecular weight is 320 g/mol. The predicted molar refractivity (Wildman–Crippen MR) is 83.6 cm³/mol. The molecular weight excluding hydrogens is 302 g/mol. The first-order chi connectivity index (χ1) is 8.93. The third kappa shape index (κ3) is 5.57. The second-order valence-electron chi connectivity index (χ2n) is 4.27. The summed E-state index contributed by atoms with van der Waals surface area (Å²) < 4.78 is 15.5. The van der Waals surface area contributed by atoms with Crippen LogP contribution in [0.15, 0.2) is 17.5 Å². The van der Waals surface area contributed by atoms with E-state index in [1.807, 2.05) is 26.0 Å². The van der Waals surface area contributed by atoms with Crippen LogP contribution in [0, 0.1) is 0 Å². The van der Waals surface area contributed by atoms with Gasteiger partial charge in [0.15, 0.2) is 0 Å². The lowest BCUT2D eigenvalue weighted by atomic mass is 10.1. The van der Waals surface area contributed by atoms with Gasteiger partial charge in [-0.3, -0.25) is 4.79 Å². The van der Waals surface area contributed by atoms with Crippen molar-refractivity contribution in [1.82, 2.24) is 4.72 Å². The second kappa shape index (κ2) is 7.94. The number of carbonyl (C=O) groups excluding carboxylic acids is 1. The van der Waals surface area contributed by atoms with Gasteiger partial charge in [0.1, 0.15) is 16.8 Å². The van der Waals surface area contributed by atoms with Crippen molar-refractivity contribution in [2.24, 2.45) is 0 Å². The Morgan fingerprint density at radius 3 is 2.68 bits per heavy atom. The van der Waals surface area contributed by atoms with Crippen LogP contribution < -0.4 is 4.72 Å². The van der Waals surface area contributed by atoms with Crippen molar-refractivity contribution in [2.75, 3.05) is 0 Å². The van der Waals surface area contributed by atoms with Gasteiger partial charge in [-0.1, -0.05) is 24.9 Å². The lowest BCUT2D eigenvalue weighted by Gasteiger charge is -2.12. The average Bonchev–Trinajstić information content (AvgIpc) is 2.75. The Bertz CT molecular complexity index is 497. The monoisotopic (exact) mass is 319 g/mol. The molecule has 3 nitrogen and oxygen atoms in total. The highest BCUT2D eigenvalue weighted by Gasteiger charge is 2.14. The third-order valence-electron chi connectivity index (χ3n) is 2.57. The zero-order valence-corrected chi connectivity index (χ0v) is 13.6. The zero-order chi connectivity index (χ0) is 14.4. The van der Waals surface area contributed by atoms with Crippen LogP contribution in [-0.4, -0.2) is 16.0 Å². The molecule has 2 unspecified atom stereocenters. The Labute approximate surface area is 125 Å². The molecule has 19 heavy (non-hydrogen) atoms. The van der Waals surface area contributed by atoms with E-state index in [1.54, 1.807) is 5.41 Å². The van der Waals surface area contributed by atoms with Crippen molar-refractivity contribution in [3.05, 3.63) is 26.8 Å².